The fourth-order valence-electron chi connectivity index (χ4n) is 1.94. The molecule has 1 aromatic heterocycles. The van der Waals surface area contributed by atoms with Gasteiger partial charge in [0, 0.05) is 13.1 Å². The van der Waals surface area contributed by atoms with Gasteiger partial charge in [0.2, 0.25) is 5.91 Å². The number of aromatic nitrogens is 2. The van der Waals surface area contributed by atoms with Crippen molar-refractivity contribution in [1.82, 2.24) is 9.55 Å². The summed E-state index contributed by atoms with van der Waals surface area (Å²) < 4.78 is 1.32. The topological polar surface area (TPSA) is 104 Å². The van der Waals surface area contributed by atoms with Crippen LogP contribution >= 0.6 is 11.8 Å². The van der Waals surface area contributed by atoms with Gasteiger partial charge in [-0.1, -0.05) is 6.58 Å². The van der Waals surface area contributed by atoms with Gasteiger partial charge in [-0.25, -0.2) is 4.79 Å². The van der Waals surface area contributed by atoms with Crippen LogP contribution in [0.25, 0.3) is 0 Å². The summed E-state index contributed by atoms with van der Waals surface area (Å²) in [7, 11) is 0. The van der Waals surface area contributed by atoms with Gasteiger partial charge in [-0.2, -0.15) is 4.98 Å². The predicted molar refractivity (Wildman–Crippen MR) is 75.4 cm³/mol. The number of nitrogens with zero attached hydrogens (tertiary/aromatic N) is 2. The Labute approximate surface area is 119 Å². The maximum Gasteiger partial charge on any atom is 0.350 e. The summed E-state index contributed by atoms with van der Waals surface area (Å²) in [5, 5.41) is 20.6. The number of anilines is 1. The van der Waals surface area contributed by atoms with Gasteiger partial charge >= 0.3 is 5.69 Å². The van der Waals surface area contributed by atoms with Crippen molar-refractivity contribution in [2.45, 2.75) is 23.7 Å². The number of hydrogen-bond acceptors (Lipinski definition) is 6. The van der Waals surface area contributed by atoms with Crippen LogP contribution in [-0.4, -0.2) is 43.6 Å². The Hall–Kier alpha value is -1.64. The average Bonchev–Trinajstić information content (AvgIpc) is 2.66. The third-order valence-electron chi connectivity index (χ3n) is 2.92. The normalized spacial score (nSPS) is 25.8. The zero-order chi connectivity index (χ0) is 14.9. The molecule has 0 spiro atoms. The van der Waals surface area contributed by atoms with Crippen LogP contribution in [-0.2, 0) is 4.79 Å². The van der Waals surface area contributed by atoms with E-state index in [4.69, 9.17) is 5.11 Å². The highest BCUT2D eigenvalue weighted by Crippen LogP contribution is 2.43. The summed E-state index contributed by atoms with van der Waals surface area (Å²) in [6.45, 7) is 4.89. The number of carbonyl (C=O) groups is 1. The van der Waals surface area contributed by atoms with Crippen LogP contribution in [0.1, 0.15) is 12.3 Å². The summed E-state index contributed by atoms with van der Waals surface area (Å²) in [6.07, 6.45) is 0.618. The Morgan fingerprint density at radius 1 is 1.65 bits per heavy atom. The third-order valence-corrected chi connectivity index (χ3v) is 4.46. The van der Waals surface area contributed by atoms with Crippen molar-refractivity contribution in [2.24, 2.45) is 0 Å². The van der Waals surface area contributed by atoms with Crippen molar-refractivity contribution >= 4 is 23.5 Å². The molecule has 1 aliphatic rings. The van der Waals surface area contributed by atoms with Gasteiger partial charge in [-0.3, -0.25) is 9.36 Å². The maximum atomic E-state index is 12.0. The Morgan fingerprint density at radius 2 is 2.35 bits per heavy atom. The first kappa shape index (κ1) is 14.8. The molecule has 1 amide bonds. The van der Waals surface area contributed by atoms with Gasteiger partial charge in [0.05, 0.1) is 18.0 Å². The van der Waals surface area contributed by atoms with E-state index >= 15 is 0 Å². The molecule has 3 N–H and O–H groups in total. The molecule has 3 atom stereocenters. The smallest absolute Gasteiger partial charge is 0.350 e. The van der Waals surface area contributed by atoms with Crippen molar-refractivity contribution < 1.29 is 15.0 Å². The standard InChI is InChI=1S/C12H15N3O4S/c1-6-10(18)8(5-16)20-11(6)15-4-3-9(13-7(2)17)14-12(15)19/h3-4,8,10-11,16,18H,1,5H2,2H3,(H,13,14,17,19)/t8-,10+,11+/m1/s1. The lowest BCUT2D eigenvalue weighted by molar-refractivity contribution is -0.114. The molecule has 1 fully saturated rings. The fourth-order valence-corrected chi connectivity index (χ4v) is 3.29. The van der Waals surface area contributed by atoms with Crippen molar-refractivity contribution in [2.75, 3.05) is 11.9 Å². The van der Waals surface area contributed by atoms with Gasteiger partial charge in [-0.05, 0) is 11.6 Å². The SMILES string of the molecule is C=C1[C@H](O)[C@@H](CO)S[C@@H]1n1ccc(NC(C)=O)nc1=O. The highest BCUT2D eigenvalue weighted by Gasteiger charge is 2.38. The maximum absolute atomic E-state index is 12.0. The van der Waals surface area contributed by atoms with Crippen LogP contribution in [0.4, 0.5) is 5.82 Å². The molecular weight excluding hydrogens is 282 g/mol. The Balaban J connectivity index is 2.28. The van der Waals surface area contributed by atoms with Crippen LogP contribution in [0.2, 0.25) is 0 Å². The molecule has 7 nitrogen and oxygen atoms in total. The Bertz CT molecular complexity index is 601. The van der Waals surface area contributed by atoms with Crippen molar-refractivity contribution in [3.63, 3.8) is 0 Å². The number of rotatable bonds is 3. The number of hydrogen-bond donors (Lipinski definition) is 3. The lowest BCUT2D eigenvalue weighted by atomic mass is 10.1. The molecule has 1 saturated heterocycles. The van der Waals surface area contributed by atoms with E-state index < -0.39 is 22.4 Å². The van der Waals surface area contributed by atoms with E-state index in [1.54, 1.807) is 0 Å². The lowest BCUT2D eigenvalue weighted by Crippen LogP contribution is -2.27. The van der Waals surface area contributed by atoms with Crippen LogP contribution in [0, 0.1) is 0 Å². The van der Waals surface area contributed by atoms with E-state index in [0.29, 0.717) is 5.57 Å². The molecule has 0 aliphatic carbocycles. The van der Waals surface area contributed by atoms with E-state index in [1.807, 2.05) is 0 Å². The minimum atomic E-state index is -0.864. The minimum absolute atomic E-state index is 0.173. The van der Waals surface area contributed by atoms with E-state index in [1.165, 1.54) is 35.5 Å². The molecule has 0 saturated carbocycles. The number of aliphatic hydroxyl groups excluding tert-OH is 2. The fraction of sp³-hybridized carbons (Fsp3) is 0.417. The summed E-state index contributed by atoms with van der Waals surface area (Å²) >= 11 is 1.25. The molecular formula is C12H15N3O4S. The molecule has 2 rings (SSSR count). The second-order valence-electron chi connectivity index (χ2n) is 4.41. The monoisotopic (exact) mass is 297 g/mol. The predicted octanol–water partition coefficient (Wildman–Crippen LogP) is -0.275. The molecule has 0 radical (unpaired) electrons. The third kappa shape index (κ3) is 2.77. The first-order valence-electron chi connectivity index (χ1n) is 5.94. The summed E-state index contributed by atoms with van der Waals surface area (Å²) in [5.41, 5.74) is -0.106. The van der Waals surface area contributed by atoms with E-state index in [2.05, 4.69) is 16.9 Å². The molecule has 0 bridgehead atoms. The van der Waals surface area contributed by atoms with E-state index in [0.717, 1.165) is 0 Å². The second kappa shape index (κ2) is 5.78. The van der Waals surface area contributed by atoms with Gasteiger partial charge in [0.15, 0.2) is 0 Å². The first-order chi connectivity index (χ1) is 9.43. The molecule has 0 unspecified atom stereocenters. The van der Waals surface area contributed by atoms with Gasteiger partial charge < -0.3 is 15.5 Å². The van der Waals surface area contributed by atoms with Crippen molar-refractivity contribution in [3.8, 4) is 0 Å². The average molecular weight is 297 g/mol. The largest absolute Gasteiger partial charge is 0.395 e. The summed E-state index contributed by atoms with van der Waals surface area (Å²) in [5.74, 6) is -0.142. The van der Waals surface area contributed by atoms with Gasteiger partial charge in [0.25, 0.3) is 0 Å². The van der Waals surface area contributed by atoms with Crippen molar-refractivity contribution in [1.29, 1.82) is 0 Å². The molecule has 1 aromatic rings. The highest BCUT2D eigenvalue weighted by molar-refractivity contribution is 8.00. The molecule has 1 aliphatic heterocycles. The molecule has 20 heavy (non-hydrogen) atoms. The van der Waals surface area contributed by atoms with Crippen LogP contribution < -0.4 is 11.0 Å². The first-order valence-corrected chi connectivity index (χ1v) is 6.88. The second-order valence-corrected chi connectivity index (χ2v) is 5.74. The Morgan fingerprint density at radius 3 is 2.85 bits per heavy atom. The van der Waals surface area contributed by atoms with E-state index in [-0.39, 0.29) is 18.3 Å². The molecule has 108 valence electrons. The van der Waals surface area contributed by atoms with Crippen LogP contribution in [0.5, 0.6) is 0 Å². The van der Waals surface area contributed by atoms with Crippen molar-refractivity contribution in [3.05, 3.63) is 34.9 Å². The zero-order valence-corrected chi connectivity index (χ0v) is 11.6. The van der Waals surface area contributed by atoms with Crippen LogP contribution in [0.15, 0.2) is 29.2 Å². The minimum Gasteiger partial charge on any atom is -0.395 e. The number of nitrogens with one attached hydrogen (secondary N) is 1. The molecule has 2 heterocycles. The number of carbonyl (C=O) groups excluding carboxylic acids is 1. The molecule has 8 heteroatoms. The zero-order valence-electron chi connectivity index (χ0n) is 10.8. The Kier molecular flexibility index (Phi) is 4.26. The summed E-state index contributed by atoms with van der Waals surface area (Å²) in [6, 6.07) is 1.50. The van der Waals surface area contributed by atoms with Crippen LogP contribution in [0.3, 0.4) is 0 Å². The molecule has 0 aromatic carbocycles. The number of amides is 1. The number of aliphatic hydroxyl groups is 2. The van der Waals surface area contributed by atoms with Gasteiger partial charge in [-0.15, -0.1) is 11.8 Å². The lowest BCUT2D eigenvalue weighted by Gasteiger charge is -2.14. The quantitative estimate of drug-likeness (QED) is 0.663. The highest BCUT2D eigenvalue weighted by atomic mass is 32.2. The van der Waals surface area contributed by atoms with E-state index in [9.17, 15) is 14.7 Å². The number of thioether (sulfide) groups is 1. The van der Waals surface area contributed by atoms with Gasteiger partial charge in [0.1, 0.15) is 11.2 Å². The summed E-state index contributed by atoms with van der Waals surface area (Å²) in [4.78, 5) is 26.6.